The standard InChI is InChI=1S/C15H19N3O4S2/c1-2-18(8-15(19)20)11-5-10(6-11)17-24(21,22)12-3-4-13-14(7-12)23-9-16-13/h3-4,7,9-11,17H,2,5-6,8H2,1H3,(H,19,20). The zero-order chi connectivity index (χ0) is 17.3. The molecule has 2 N–H and O–H groups in total. The minimum atomic E-state index is -3.57. The number of nitrogens with zero attached hydrogens (tertiary/aromatic N) is 2. The normalized spacial score (nSPS) is 21.1. The van der Waals surface area contributed by atoms with Crippen LogP contribution in [0.3, 0.4) is 0 Å². The lowest BCUT2D eigenvalue weighted by atomic mass is 9.86. The van der Waals surface area contributed by atoms with Gasteiger partial charge >= 0.3 is 5.97 Å². The Bertz CT molecular complexity index is 843. The van der Waals surface area contributed by atoms with E-state index in [1.54, 1.807) is 23.7 Å². The number of carboxylic acid groups (broad SMARTS) is 1. The van der Waals surface area contributed by atoms with Gasteiger partial charge in [-0.25, -0.2) is 18.1 Å². The maximum atomic E-state index is 12.5. The molecule has 0 saturated heterocycles. The average Bonchev–Trinajstić information content (AvgIpc) is 2.95. The lowest BCUT2D eigenvalue weighted by Gasteiger charge is -2.42. The second-order valence-corrected chi connectivity index (χ2v) is 8.48. The number of carbonyl (C=O) groups is 1. The molecule has 1 aromatic carbocycles. The number of benzene rings is 1. The number of aliphatic carboxylic acids is 1. The van der Waals surface area contributed by atoms with E-state index in [0.717, 1.165) is 10.2 Å². The molecule has 2 aromatic rings. The molecule has 0 unspecified atom stereocenters. The van der Waals surface area contributed by atoms with Crippen molar-refractivity contribution in [1.82, 2.24) is 14.6 Å². The minimum Gasteiger partial charge on any atom is -0.480 e. The molecule has 0 atom stereocenters. The van der Waals surface area contributed by atoms with Crippen molar-refractivity contribution in [3.05, 3.63) is 23.7 Å². The van der Waals surface area contributed by atoms with E-state index >= 15 is 0 Å². The van der Waals surface area contributed by atoms with Crippen molar-refractivity contribution in [2.75, 3.05) is 13.1 Å². The van der Waals surface area contributed by atoms with E-state index in [9.17, 15) is 13.2 Å². The maximum Gasteiger partial charge on any atom is 0.317 e. The third-order valence-electron chi connectivity index (χ3n) is 4.31. The molecule has 0 spiro atoms. The quantitative estimate of drug-likeness (QED) is 0.767. The predicted molar refractivity (Wildman–Crippen MR) is 91.6 cm³/mol. The maximum absolute atomic E-state index is 12.5. The highest BCUT2D eigenvalue weighted by Crippen LogP contribution is 2.28. The van der Waals surface area contributed by atoms with E-state index in [2.05, 4.69) is 9.71 Å². The number of hydrogen-bond donors (Lipinski definition) is 2. The lowest BCUT2D eigenvalue weighted by molar-refractivity contribution is -0.139. The topological polar surface area (TPSA) is 99.6 Å². The fourth-order valence-corrected chi connectivity index (χ4v) is 5.02. The molecule has 3 rings (SSSR count). The van der Waals surface area contributed by atoms with Gasteiger partial charge in [0.15, 0.2) is 0 Å². The van der Waals surface area contributed by atoms with E-state index in [0.29, 0.717) is 19.4 Å². The number of aromatic nitrogens is 1. The molecule has 1 saturated carbocycles. The molecular weight excluding hydrogens is 350 g/mol. The van der Waals surface area contributed by atoms with Crippen molar-refractivity contribution in [2.24, 2.45) is 0 Å². The molecule has 1 fully saturated rings. The molecule has 24 heavy (non-hydrogen) atoms. The summed E-state index contributed by atoms with van der Waals surface area (Å²) in [5.74, 6) is -0.862. The molecule has 9 heteroatoms. The number of likely N-dealkylation sites (N-methyl/N-ethyl adjacent to an activating group) is 1. The molecule has 1 aliphatic carbocycles. The third kappa shape index (κ3) is 3.59. The van der Waals surface area contributed by atoms with E-state index in [1.807, 2.05) is 11.8 Å². The van der Waals surface area contributed by atoms with Gasteiger partial charge in [0.2, 0.25) is 10.0 Å². The Morgan fingerprint density at radius 3 is 2.88 bits per heavy atom. The molecule has 0 aliphatic heterocycles. The smallest absolute Gasteiger partial charge is 0.317 e. The fraction of sp³-hybridized carbons (Fsp3) is 0.467. The number of fused-ring (bicyclic) bond motifs is 1. The average molecular weight is 369 g/mol. The minimum absolute atomic E-state index is 0.0112. The largest absolute Gasteiger partial charge is 0.480 e. The van der Waals surface area contributed by atoms with Crippen LogP contribution in [-0.2, 0) is 14.8 Å². The highest BCUT2D eigenvalue weighted by atomic mass is 32.2. The number of hydrogen-bond acceptors (Lipinski definition) is 6. The SMILES string of the molecule is CCN(CC(=O)O)C1CC(NS(=O)(=O)c2ccc3ncsc3c2)C1. The summed E-state index contributed by atoms with van der Waals surface area (Å²) in [6.07, 6.45) is 1.26. The van der Waals surface area contributed by atoms with Gasteiger partial charge in [0, 0.05) is 12.1 Å². The summed E-state index contributed by atoms with van der Waals surface area (Å²) < 4.78 is 28.5. The van der Waals surface area contributed by atoms with Crippen LogP contribution in [0.15, 0.2) is 28.6 Å². The Labute approximate surface area is 144 Å². The molecule has 1 aliphatic rings. The van der Waals surface area contributed by atoms with Crippen molar-refractivity contribution in [2.45, 2.75) is 36.7 Å². The van der Waals surface area contributed by atoms with Crippen molar-refractivity contribution >= 4 is 37.5 Å². The van der Waals surface area contributed by atoms with E-state index < -0.39 is 16.0 Å². The van der Waals surface area contributed by atoms with Crippen LogP contribution in [0.5, 0.6) is 0 Å². The first-order valence-corrected chi connectivity index (χ1v) is 10.1. The van der Waals surface area contributed by atoms with E-state index in [-0.39, 0.29) is 23.5 Å². The van der Waals surface area contributed by atoms with Gasteiger partial charge in [-0.3, -0.25) is 9.69 Å². The zero-order valence-electron chi connectivity index (χ0n) is 13.2. The van der Waals surface area contributed by atoms with Crippen molar-refractivity contribution < 1.29 is 18.3 Å². The number of carboxylic acids is 1. The van der Waals surface area contributed by atoms with Crippen LogP contribution >= 0.6 is 11.3 Å². The molecule has 1 aromatic heterocycles. The first-order chi connectivity index (χ1) is 11.4. The van der Waals surface area contributed by atoms with Gasteiger partial charge in [-0.05, 0) is 37.6 Å². The summed E-state index contributed by atoms with van der Waals surface area (Å²) in [5.41, 5.74) is 2.47. The van der Waals surface area contributed by atoms with Crippen LogP contribution < -0.4 is 4.72 Å². The Morgan fingerprint density at radius 1 is 1.46 bits per heavy atom. The Kier molecular flexibility index (Phi) is 4.86. The summed E-state index contributed by atoms with van der Waals surface area (Å²) in [4.78, 5) is 17.1. The van der Waals surface area contributed by atoms with Crippen LogP contribution in [0.4, 0.5) is 0 Å². The zero-order valence-corrected chi connectivity index (χ0v) is 14.8. The van der Waals surface area contributed by atoms with Crippen LogP contribution in [0.1, 0.15) is 19.8 Å². The fourth-order valence-electron chi connectivity index (χ4n) is 2.95. The van der Waals surface area contributed by atoms with Crippen LogP contribution in [0.25, 0.3) is 10.2 Å². The first kappa shape index (κ1) is 17.3. The summed E-state index contributed by atoms with van der Waals surface area (Å²) in [6.45, 7) is 2.53. The lowest BCUT2D eigenvalue weighted by Crippen LogP contribution is -2.54. The molecule has 0 amide bonds. The number of nitrogens with one attached hydrogen (secondary N) is 1. The Hall–Kier alpha value is -1.55. The summed E-state index contributed by atoms with van der Waals surface area (Å²) >= 11 is 1.40. The molecule has 7 nitrogen and oxygen atoms in total. The highest BCUT2D eigenvalue weighted by Gasteiger charge is 2.36. The van der Waals surface area contributed by atoms with Gasteiger partial charge in [-0.15, -0.1) is 11.3 Å². The Morgan fingerprint density at radius 2 is 2.21 bits per heavy atom. The van der Waals surface area contributed by atoms with Gasteiger partial charge in [0.25, 0.3) is 0 Å². The van der Waals surface area contributed by atoms with Crippen molar-refractivity contribution in [3.8, 4) is 0 Å². The van der Waals surface area contributed by atoms with Gasteiger partial charge in [-0.1, -0.05) is 6.92 Å². The Balaban J connectivity index is 1.63. The summed E-state index contributed by atoms with van der Waals surface area (Å²) in [7, 11) is -3.57. The number of sulfonamides is 1. The molecule has 130 valence electrons. The van der Waals surface area contributed by atoms with Gasteiger partial charge in [0.1, 0.15) is 0 Å². The summed E-state index contributed by atoms with van der Waals surface area (Å²) in [5, 5.41) is 8.90. The second-order valence-electron chi connectivity index (χ2n) is 5.88. The van der Waals surface area contributed by atoms with Crippen molar-refractivity contribution in [1.29, 1.82) is 0 Å². The number of thiazole rings is 1. The molecular formula is C15H19N3O4S2. The van der Waals surface area contributed by atoms with Crippen LogP contribution in [0, 0.1) is 0 Å². The predicted octanol–water partition coefficient (Wildman–Crippen LogP) is 1.51. The molecule has 0 radical (unpaired) electrons. The van der Waals surface area contributed by atoms with Gasteiger partial charge < -0.3 is 5.11 Å². The first-order valence-electron chi connectivity index (χ1n) is 7.70. The molecule has 0 bridgehead atoms. The van der Waals surface area contributed by atoms with Gasteiger partial charge in [-0.2, -0.15) is 0 Å². The third-order valence-corrected chi connectivity index (χ3v) is 6.62. The van der Waals surface area contributed by atoms with Gasteiger partial charge in [0.05, 0.1) is 27.2 Å². The van der Waals surface area contributed by atoms with Crippen LogP contribution in [0.2, 0.25) is 0 Å². The summed E-state index contributed by atoms with van der Waals surface area (Å²) in [6, 6.07) is 4.86. The van der Waals surface area contributed by atoms with Crippen molar-refractivity contribution in [3.63, 3.8) is 0 Å². The highest BCUT2D eigenvalue weighted by molar-refractivity contribution is 7.89. The monoisotopic (exact) mass is 369 g/mol. The van der Waals surface area contributed by atoms with E-state index in [1.165, 1.54) is 11.3 Å². The van der Waals surface area contributed by atoms with Crippen LogP contribution in [-0.4, -0.2) is 54.6 Å². The van der Waals surface area contributed by atoms with E-state index in [4.69, 9.17) is 5.11 Å². The molecule has 1 heterocycles. The number of rotatable bonds is 7. The second kappa shape index (κ2) is 6.75.